The minimum atomic E-state index is -0.963. The number of ether oxygens (including phenoxy) is 4. The molecule has 0 aromatic heterocycles. The second kappa shape index (κ2) is 10.6. The van der Waals surface area contributed by atoms with Gasteiger partial charge in [0.05, 0.1) is 6.61 Å². The van der Waals surface area contributed by atoms with E-state index in [4.69, 9.17) is 14.2 Å². The first-order valence-electron chi connectivity index (χ1n) is 7.21. The van der Waals surface area contributed by atoms with Crippen LogP contribution in [0.2, 0.25) is 0 Å². The highest BCUT2D eigenvalue weighted by Crippen LogP contribution is 2.09. The van der Waals surface area contributed by atoms with Crippen LogP contribution in [0.1, 0.15) is 13.8 Å². The zero-order valence-electron chi connectivity index (χ0n) is 13.3. The van der Waals surface area contributed by atoms with Gasteiger partial charge in [-0.15, -0.1) is 0 Å². The van der Waals surface area contributed by atoms with Crippen LogP contribution in [0.4, 0.5) is 0 Å². The first kappa shape index (κ1) is 18.9. The van der Waals surface area contributed by atoms with Gasteiger partial charge in [-0.25, -0.2) is 0 Å². The van der Waals surface area contributed by atoms with Crippen LogP contribution < -0.4 is 4.74 Å². The van der Waals surface area contributed by atoms with Gasteiger partial charge in [0, 0.05) is 13.8 Å². The number of rotatable bonds is 10. The van der Waals surface area contributed by atoms with Crippen molar-refractivity contribution in [2.24, 2.45) is 0 Å². The molecule has 1 aromatic rings. The lowest BCUT2D eigenvalue weighted by molar-refractivity contribution is -0.151. The Morgan fingerprint density at radius 1 is 0.957 bits per heavy atom. The van der Waals surface area contributed by atoms with Crippen LogP contribution in [0, 0.1) is 0 Å². The molecule has 23 heavy (non-hydrogen) atoms. The van der Waals surface area contributed by atoms with Gasteiger partial charge in [-0.1, -0.05) is 18.2 Å². The molecule has 2 unspecified atom stereocenters. The highest BCUT2D eigenvalue weighted by Gasteiger charge is 2.16. The van der Waals surface area contributed by atoms with Gasteiger partial charge in [0.25, 0.3) is 0 Å². The van der Waals surface area contributed by atoms with Crippen molar-refractivity contribution in [3.05, 3.63) is 30.3 Å². The third-order valence-corrected chi connectivity index (χ3v) is 2.65. The second-order valence-corrected chi connectivity index (χ2v) is 4.84. The average molecular weight is 326 g/mol. The molecule has 0 spiro atoms. The molecule has 7 heteroatoms. The van der Waals surface area contributed by atoms with E-state index >= 15 is 0 Å². The summed E-state index contributed by atoms with van der Waals surface area (Å²) in [6, 6.07) is 9.11. The summed E-state index contributed by atoms with van der Waals surface area (Å²) in [7, 11) is 0. The zero-order chi connectivity index (χ0) is 17.1. The van der Waals surface area contributed by atoms with Crippen molar-refractivity contribution in [3.8, 4) is 5.75 Å². The molecule has 0 saturated carbocycles. The summed E-state index contributed by atoms with van der Waals surface area (Å²) in [4.78, 5) is 21.6. The number of benzene rings is 1. The Balaban J connectivity index is 2.41. The van der Waals surface area contributed by atoms with Crippen LogP contribution in [0.25, 0.3) is 0 Å². The average Bonchev–Trinajstić information content (AvgIpc) is 2.52. The van der Waals surface area contributed by atoms with Crippen molar-refractivity contribution in [1.82, 2.24) is 0 Å². The Hall–Kier alpha value is -2.12. The number of aliphatic hydroxyl groups excluding tert-OH is 1. The molecule has 0 fully saturated rings. The molecule has 1 rings (SSSR count). The number of carbonyl (C=O) groups is 2. The van der Waals surface area contributed by atoms with Crippen LogP contribution >= 0.6 is 0 Å². The molecule has 0 aliphatic carbocycles. The molecular formula is C16H22O7. The molecule has 0 bridgehead atoms. The molecule has 0 radical (unpaired) electrons. The summed E-state index contributed by atoms with van der Waals surface area (Å²) in [6.07, 6.45) is -1.51. The Morgan fingerprint density at radius 3 is 2.17 bits per heavy atom. The third kappa shape index (κ3) is 9.49. The van der Waals surface area contributed by atoms with E-state index in [1.54, 1.807) is 12.1 Å². The summed E-state index contributed by atoms with van der Waals surface area (Å²) >= 11 is 0. The fourth-order valence-electron chi connectivity index (χ4n) is 1.57. The number of para-hydroxylation sites is 1. The fourth-order valence-corrected chi connectivity index (χ4v) is 1.57. The maximum absolute atomic E-state index is 10.9. The monoisotopic (exact) mass is 326 g/mol. The third-order valence-electron chi connectivity index (χ3n) is 2.65. The van der Waals surface area contributed by atoms with Gasteiger partial charge in [0.15, 0.2) is 0 Å². The lowest BCUT2D eigenvalue weighted by Gasteiger charge is -2.20. The van der Waals surface area contributed by atoms with Crippen molar-refractivity contribution < 1.29 is 33.6 Å². The first-order valence-corrected chi connectivity index (χ1v) is 7.21. The summed E-state index contributed by atoms with van der Waals surface area (Å²) in [5.41, 5.74) is 0. The number of hydrogen-bond donors (Lipinski definition) is 1. The molecule has 128 valence electrons. The molecule has 7 nitrogen and oxygen atoms in total. The maximum atomic E-state index is 10.9. The van der Waals surface area contributed by atoms with E-state index in [0.29, 0.717) is 5.75 Å². The first-order chi connectivity index (χ1) is 11.0. The molecule has 0 amide bonds. The van der Waals surface area contributed by atoms with Gasteiger partial charge in [0.1, 0.15) is 37.8 Å². The number of hydrogen-bond acceptors (Lipinski definition) is 7. The summed E-state index contributed by atoms with van der Waals surface area (Å²) in [5.74, 6) is -0.254. The molecule has 0 heterocycles. The van der Waals surface area contributed by atoms with Crippen LogP contribution in [-0.4, -0.2) is 55.7 Å². The Bertz CT molecular complexity index is 475. The van der Waals surface area contributed by atoms with Crippen molar-refractivity contribution in [1.29, 1.82) is 0 Å². The van der Waals surface area contributed by atoms with E-state index in [1.165, 1.54) is 13.8 Å². The van der Waals surface area contributed by atoms with E-state index in [0.717, 1.165) is 0 Å². The van der Waals surface area contributed by atoms with Crippen LogP contribution in [0.3, 0.4) is 0 Å². The topological polar surface area (TPSA) is 91.3 Å². The highest BCUT2D eigenvalue weighted by atomic mass is 16.6. The van der Waals surface area contributed by atoms with Crippen molar-refractivity contribution >= 4 is 11.9 Å². The van der Waals surface area contributed by atoms with Crippen LogP contribution in [0.5, 0.6) is 5.75 Å². The molecule has 2 atom stereocenters. The summed E-state index contributed by atoms with van der Waals surface area (Å²) in [6.45, 7) is 2.47. The number of aliphatic hydroxyl groups is 1. The van der Waals surface area contributed by atoms with Gasteiger partial charge in [-0.05, 0) is 12.1 Å². The smallest absolute Gasteiger partial charge is 0.302 e. The van der Waals surface area contributed by atoms with Gasteiger partial charge in [-0.2, -0.15) is 0 Å². The molecule has 1 aromatic carbocycles. The quantitative estimate of drug-likeness (QED) is 0.640. The largest absolute Gasteiger partial charge is 0.491 e. The minimum Gasteiger partial charge on any atom is -0.491 e. The highest BCUT2D eigenvalue weighted by molar-refractivity contribution is 5.66. The SMILES string of the molecule is CC(=O)OCC(O)COC(COC(C)=O)COc1ccccc1. The Labute approximate surface area is 135 Å². The van der Waals surface area contributed by atoms with Crippen LogP contribution in [-0.2, 0) is 23.8 Å². The lowest BCUT2D eigenvalue weighted by Crippen LogP contribution is -2.33. The maximum Gasteiger partial charge on any atom is 0.302 e. The second-order valence-electron chi connectivity index (χ2n) is 4.84. The van der Waals surface area contributed by atoms with Crippen molar-refractivity contribution in [2.45, 2.75) is 26.1 Å². The van der Waals surface area contributed by atoms with E-state index < -0.39 is 24.1 Å². The molecule has 1 N–H and O–H groups in total. The van der Waals surface area contributed by atoms with E-state index in [9.17, 15) is 14.7 Å². The fraction of sp³-hybridized carbons (Fsp3) is 0.500. The summed E-state index contributed by atoms with van der Waals surface area (Å²) in [5, 5.41) is 9.66. The van der Waals surface area contributed by atoms with E-state index in [2.05, 4.69) is 4.74 Å². The van der Waals surface area contributed by atoms with Crippen molar-refractivity contribution in [2.75, 3.05) is 26.4 Å². The van der Waals surface area contributed by atoms with Crippen LogP contribution in [0.15, 0.2) is 30.3 Å². The van der Waals surface area contributed by atoms with Gasteiger partial charge in [0.2, 0.25) is 0 Å². The predicted molar refractivity (Wildman–Crippen MR) is 80.9 cm³/mol. The lowest BCUT2D eigenvalue weighted by atomic mass is 10.3. The molecular weight excluding hydrogens is 304 g/mol. The predicted octanol–water partition coefficient (Wildman–Crippen LogP) is 0.938. The molecule has 0 aliphatic heterocycles. The van der Waals surface area contributed by atoms with Gasteiger partial charge >= 0.3 is 11.9 Å². The minimum absolute atomic E-state index is 0.00243. The van der Waals surface area contributed by atoms with E-state index in [-0.39, 0.29) is 26.4 Å². The Kier molecular flexibility index (Phi) is 8.71. The number of esters is 2. The van der Waals surface area contributed by atoms with E-state index in [1.807, 2.05) is 18.2 Å². The molecule has 0 aliphatic rings. The standard InChI is InChI=1S/C16H22O7/c1-12(17)20-8-14(19)9-22-16(10-21-13(2)18)11-23-15-6-4-3-5-7-15/h3-7,14,16,19H,8-11H2,1-2H3. The molecule has 0 saturated heterocycles. The van der Waals surface area contributed by atoms with Gasteiger partial charge < -0.3 is 24.1 Å². The normalized spacial score (nSPS) is 13.0. The van der Waals surface area contributed by atoms with Gasteiger partial charge in [-0.3, -0.25) is 9.59 Å². The zero-order valence-corrected chi connectivity index (χ0v) is 13.3. The number of carbonyl (C=O) groups excluding carboxylic acids is 2. The summed E-state index contributed by atoms with van der Waals surface area (Å²) < 4.78 is 20.6. The van der Waals surface area contributed by atoms with Crippen molar-refractivity contribution in [3.63, 3.8) is 0 Å². The Morgan fingerprint density at radius 2 is 1.57 bits per heavy atom.